The lowest BCUT2D eigenvalue weighted by molar-refractivity contribution is -0.168. The van der Waals surface area contributed by atoms with E-state index in [1.807, 2.05) is 6.92 Å². The number of rotatable bonds is 5. The molecule has 1 unspecified atom stereocenters. The largest absolute Gasteiger partial charge is 0.468 e. The minimum absolute atomic E-state index is 0.00348. The SMILES string of the molecule is C=C1CC(C(=O)OC)(C(=O)OC)CC1/C(C)=C/CC=C(C)C. The molecule has 0 saturated heterocycles. The predicted octanol–water partition coefficient (Wildman–Crippen LogP) is 3.59. The van der Waals surface area contributed by atoms with Gasteiger partial charge in [-0.05, 0) is 40.0 Å². The summed E-state index contributed by atoms with van der Waals surface area (Å²) in [6, 6.07) is 0. The summed E-state index contributed by atoms with van der Waals surface area (Å²) in [5.74, 6) is -1.08. The fourth-order valence-electron chi connectivity index (χ4n) is 2.97. The molecule has 1 rings (SSSR count). The van der Waals surface area contributed by atoms with E-state index in [4.69, 9.17) is 9.47 Å². The zero-order chi connectivity index (χ0) is 16.9. The topological polar surface area (TPSA) is 52.6 Å². The smallest absolute Gasteiger partial charge is 0.323 e. The van der Waals surface area contributed by atoms with Crippen LogP contribution in [0.4, 0.5) is 0 Å². The molecular weight excluding hydrogens is 280 g/mol. The van der Waals surface area contributed by atoms with Gasteiger partial charge >= 0.3 is 11.9 Å². The van der Waals surface area contributed by atoms with E-state index in [0.717, 1.165) is 17.6 Å². The lowest BCUT2D eigenvalue weighted by Gasteiger charge is -2.23. The van der Waals surface area contributed by atoms with E-state index >= 15 is 0 Å². The van der Waals surface area contributed by atoms with Crippen molar-refractivity contribution < 1.29 is 19.1 Å². The Kier molecular flexibility index (Phi) is 6.15. The van der Waals surface area contributed by atoms with Gasteiger partial charge in [0, 0.05) is 5.92 Å². The molecule has 4 nitrogen and oxygen atoms in total. The fraction of sp³-hybridized carbons (Fsp3) is 0.556. The number of allylic oxidation sites excluding steroid dienone is 5. The third kappa shape index (κ3) is 3.67. The molecule has 0 heterocycles. The molecule has 0 aliphatic heterocycles. The first-order chi connectivity index (χ1) is 10.3. The average molecular weight is 306 g/mol. The van der Waals surface area contributed by atoms with Crippen LogP contribution in [0.3, 0.4) is 0 Å². The van der Waals surface area contributed by atoms with Gasteiger partial charge in [0.15, 0.2) is 5.41 Å². The maximum atomic E-state index is 12.2. The molecule has 0 aromatic carbocycles. The van der Waals surface area contributed by atoms with Gasteiger partial charge in [-0.2, -0.15) is 0 Å². The highest BCUT2D eigenvalue weighted by Gasteiger charge is 2.55. The van der Waals surface area contributed by atoms with Crippen LogP contribution in [0.2, 0.25) is 0 Å². The molecule has 122 valence electrons. The summed E-state index contributed by atoms with van der Waals surface area (Å²) in [7, 11) is 2.58. The van der Waals surface area contributed by atoms with Gasteiger partial charge in [0.25, 0.3) is 0 Å². The van der Waals surface area contributed by atoms with E-state index in [-0.39, 0.29) is 12.3 Å². The molecule has 1 saturated carbocycles. The number of esters is 2. The Morgan fingerprint density at radius 3 is 2.18 bits per heavy atom. The van der Waals surface area contributed by atoms with Crippen molar-refractivity contribution in [3.8, 4) is 0 Å². The predicted molar refractivity (Wildman–Crippen MR) is 86.1 cm³/mol. The van der Waals surface area contributed by atoms with Crippen molar-refractivity contribution in [2.24, 2.45) is 11.3 Å². The Morgan fingerprint density at radius 1 is 1.18 bits per heavy atom. The van der Waals surface area contributed by atoms with Crippen LogP contribution in [0, 0.1) is 11.3 Å². The van der Waals surface area contributed by atoms with Gasteiger partial charge < -0.3 is 9.47 Å². The molecule has 0 bridgehead atoms. The van der Waals surface area contributed by atoms with Crippen molar-refractivity contribution in [2.45, 2.75) is 40.0 Å². The zero-order valence-corrected chi connectivity index (χ0v) is 14.2. The van der Waals surface area contributed by atoms with Crippen molar-refractivity contribution in [3.63, 3.8) is 0 Å². The molecule has 0 radical (unpaired) electrons. The van der Waals surface area contributed by atoms with Crippen molar-refractivity contribution in [3.05, 3.63) is 35.5 Å². The maximum absolute atomic E-state index is 12.2. The number of ether oxygens (including phenoxy) is 2. The Balaban J connectivity index is 3.03. The normalized spacial score (nSPS) is 20.5. The van der Waals surface area contributed by atoms with E-state index < -0.39 is 17.4 Å². The molecule has 1 aliphatic rings. The second-order valence-corrected chi connectivity index (χ2v) is 6.12. The van der Waals surface area contributed by atoms with Crippen LogP contribution in [-0.4, -0.2) is 26.2 Å². The van der Waals surface area contributed by atoms with Gasteiger partial charge in [0.2, 0.25) is 0 Å². The second-order valence-electron chi connectivity index (χ2n) is 6.12. The standard InChI is InChI=1S/C18H26O4/c1-12(2)8-7-9-13(3)15-11-18(10-14(15)4,16(19)21-5)17(20)22-6/h8-9,15H,4,7,10-11H2,1-3,5-6H3/b13-9+. The highest BCUT2D eigenvalue weighted by Crippen LogP contribution is 2.49. The third-order valence-electron chi connectivity index (χ3n) is 4.24. The first-order valence-electron chi connectivity index (χ1n) is 7.43. The Bertz CT molecular complexity index is 505. The summed E-state index contributed by atoms with van der Waals surface area (Å²) in [4.78, 5) is 24.3. The van der Waals surface area contributed by atoms with Crippen molar-refractivity contribution in [1.82, 2.24) is 0 Å². The van der Waals surface area contributed by atoms with Crippen molar-refractivity contribution >= 4 is 11.9 Å². The average Bonchev–Trinajstić information content (AvgIpc) is 2.84. The second kappa shape index (κ2) is 7.43. The van der Waals surface area contributed by atoms with Crippen LogP contribution in [0.1, 0.15) is 40.0 Å². The van der Waals surface area contributed by atoms with Gasteiger partial charge in [-0.25, -0.2) is 0 Å². The summed E-state index contributed by atoms with van der Waals surface area (Å²) >= 11 is 0. The minimum Gasteiger partial charge on any atom is -0.468 e. The van der Waals surface area contributed by atoms with E-state index in [9.17, 15) is 9.59 Å². The van der Waals surface area contributed by atoms with E-state index in [2.05, 4.69) is 32.6 Å². The summed E-state index contributed by atoms with van der Waals surface area (Å²) < 4.78 is 9.68. The Labute approximate surface area is 132 Å². The number of carbonyl (C=O) groups is 2. The first-order valence-corrected chi connectivity index (χ1v) is 7.43. The van der Waals surface area contributed by atoms with Crippen LogP contribution in [0.15, 0.2) is 35.5 Å². The molecule has 1 atom stereocenters. The van der Waals surface area contributed by atoms with Crippen LogP contribution in [-0.2, 0) is 19.1 Å². The summed E-state index contributed by atoms with van der Waals surface area (Å²) in [6.45, 7) is 10.2. The summed E-state index contributed by atoms with van der Waals surface area (Å²) in [5.41, 5.74) is 2.00. The number of hydrogen-bond acceptors (Lipinski definition) is 4. The van der Waals surface area contributed by atoms with E-state index in [0.29, 0.717) is 6.42 Å². The van der Waals surface area contributed by atoms with Gasteiger partial charge in [-0.15, -0.1) is 0 Å². The first kappa shape index (κ1) is 18.2. The lowest BCUT2D eigenvalue weighted by Crippen LogP contribution is -2.39. The summed E-state index contributed by atoms with van der Waals surface area (Å²) in [5, 5.41) is 0. The molecule has 1 fully saturated rings. The molecule has 0 amide bonds. The van der Waals surface area contributed by atoms with Crippen LogP contribution in [0.25, 0.3) is 0 Å². The number of hydrogen-bond donors (Lipinski definition) is 0. The Morgan fingerprint density at radius 2 is 1.73 bits per heavy atom. The third-order valence-corrected chi connectivity index (χ3v) is 4.24. The van der Waals surface area contributed by atoms with Gasteiger partial charge in [-0.1, -0.05) is 35.5 Å². The molecule has 0 N–H and O–H groups in total. The quantitative estimate of drug-likeness (QED) is 0.442. The molecule has 22 heavy (non-hydrogen) atoms. The van der Waals surface area contributed by atoms with Crippen LogP contribution < -0.4 is 0 Å². The molecular formula is C18H26O4. The maximum Gasteiger partial charge on any atom is 0.323 e. The van der Waals surface area contributed by atoms with Gasteiger partial charge in [0.1, 0.15) is 0 Å². The monoisotopic (exact) mass is 306 g/mol. The number of methoxy groups -OCH3 is 2. The van der Waals surface area contributed by atoms with E-state index in [1.54, 1.807) is 0 Å². The molecule has 0 spiro atoms. The molecule has 1 aliphatic carbocycles. The molecule has 0 aromatic rings. The van der Waals surface area contributed by atoms with Crippen molar-refractivity contribution in [1.29, 1.82) is 0 Å². The molecule has 4 heteroatoms. The van der Waals surface area contributed by atoms with Crippen LogP contribution >= 0.6 is 0 Å². The van der Waals surface area contributed by atoms with E-state index in [1.165, 1.54) is 19.8 Å². The lowest BCUT2D eigenvalue weighted by atomic mass is 9.84. The summed E-state index contributed by atoms with van der Waals surface area (Å²) in [6.07, 6.45) is 5.73. The van der Waals surface area contributed by atoms with Gasteiger partial charge in [0.05, 0.1) is 14.2 Å². The van der Waals surface area contributed by atoms with Crippen LogP contribution in [0.5, 0.6) is 0 Å². The molecule has 0 aromatic heterocycles. The van der Waals surface area contributed by atoms with Gasteiger partial charge in [-0.3, -0.25) is 9.59 Å². The fourth-order valence-corrected chi connectivity index (χ4v) is 2.97. The Hall–Kier alpha value is -1.84. The highest BCUT2D eigenvalue weighted by molar-refractivity contribution is 6.01. The minimum atomic E-state index is -1.25. The highest BCUT2D eigenvalue weighted by atomic mass is 16.5. The van der Waals surface area contributed by atoms with Crippen molar-refractivity contribution in [2.75, 3.05) is 14.2 Å². The zero-order valence-electron chi connectivity index (χ0n) is 14.2. The number of carbonyl (C=O) groups excluding carboxylic acids is 2.